The fourth-order valence-corrected chi connectivity index (χ4v) is 8.53. The normalized spacial score (nSPS) is 11.2. The Balaban J connectivity index is 2.00. The lowest BCUT2D eigenvalue weighted by Gasteiger charge is -2.27. The molecule has 0 N–H and O–H groups in total. The second-order valence-corrected chi connectivity index (χ2v) is 14.1. The molecule has 0 spiro atoms. The molecule has 0 aliphatic heterocycles. The van der Waals surface area contributed by atoms with Crippen LogP contribution >= 0.6 is 15.8 Å². The number of hydrogen-bond acceptors (Lipinski definition) is 2. The van der Waals surface area contributed by atoms with Gasteiger partial charge in [0.25, 0.3) is 0 Å². The van der Waals surface area contributed by atoms with E-state index in [1.807, 2.05) is 60.7 Å². The van der Waals surface area contributed by atoms with Gasteiger partial charge in [-0.3, -0.25) is 0 Å². The minimum atomic E-state index is -0.327. The zero-order chi connectivity index (χ0) is 25.3. The lowest BCUT2D eigenvalue weighted by Crippen LogP contribution is -2.16. The fraction of sp³-hybridized carbons (Fsp3) is 0.250. The van der Waals surface area contributed by atoms with E-state index >= 15 is 0 Å². The maximum Gasteiger partial charge on any atom is 0.136 e. The Labute approximate surface area is 219 Å². The third-order valence-electron chi connectivity index (χ3n) is 6.41. The van der Waals surface area contributed by atoms with Gasteiger partial charge in [-0.05, 0) is 71.7 Å². The van der Waals surface area contributed by atoms with Gasteiger partial charge in [-0.25, -0.2) is 0 Å². The number of benzene rings is 4. The molecule has 0 heterocycles. The van der Waals surface area contributed by atoms with Crippen molar-refractivity contribution in [3.05, 3.63) is 97.1 Å². The van der Waals surface area contributed by atoms with Crippen LogP contribution in [0.1, 0.15) is 27.7 Å². The molecule has 4 aromatic rings. The van der Waals surface area contributed by atoms with Crippen molar-refractivity contribution in [1.29, 1.82) is 0 Å². The molecule has 4 heteroatoms. The van der Waals surface area contributed by atoms with E-state index in [9.17, 15) is 0 Å². The van der Waals surface area contributed by atoms with Gasteiger partial charge in [-0.1, -0.05) is 104 Å². The van der Waals surface area contributed by atoms with Gasteiger partial charge in [0.1, 0.15) is 23.0 Å². The third-order valence-corrected chi connectivity index (χ3v) is 11.6. The monoisotopic (exact) mass is 514 g/mol. The van der Waals surface area contributed by atoms with Crippen LogP contribution in [-0.4, -0.2) is 24.6 Å². The topological polar surface area (TPSA) is 18.5 Å². The summed E-state index contributed by atoms with van der Waals surface area (Å²) in [6.07, 6.45) is 4.56. The Morgan fingerprint density at radius 1 is 0.444 bits per heavy atom. The minimum Gasteiger partial charge on any atom is -0.457 e. The Bertz CT molecular complexity index is 1130. The average Bonchev–Trinajstić information content (AvgIpc) is 2.92. The summed E-state index contributed by atoms with van der Waals surface area (Å²) in [5, 5.41) is 2.80. The van der Waals surface area contributed by atoms with E-state index in [0.717, 1.165) is 47.6 Å². The molecule has 0 aromatic heterocycles. The highest BCUT2D eigenvalue weighted by molar-refractivity contribution is 7.66. The number of rotatable bonds is 11. The van der Waals surface area contributed by atoms with E-state index in [0.29, 0.717) is 0 Å². The molecule has 0 saturated carbocycles. The lowest BCUT2D eigenvalue weighted by atomic mass is 10.0. The maximum absolute atomic E-state index is 6.61. The van der Waals surface area contributed by atoms with Crippen molar-refractivity contribution in [3.8, 4) is 34.1 Å². The van der Waals surface area contributed by atoms with Gasteiger partial charge in [-0.2, -0.15) is 0 Å². The second-order valence-electron chi connectivity index (χ2n) is 8.48. The maximum atomic E-state index is 6.61. The van der Waals surface area contributed by atoms with Crippen LogP contribution in [0.25, 0.3) is 11.1 Å². The van der Waals surface area contributed by atoms with Crippen LogP contribution in [-0.2, 0) is 0 Å². The van der Waals surface area contributed by atoms with Crippen LogP contribution in [0.15, 0.2) is 97.1 Å². The van der Waals surface area contributed by atoms with Gasteiger partial charge in [0.15, 0.2) is 0 Å². The number of para-hydroxylation sites is 2. The SMILES string of the molecule is CCP(CC)c1cccc(Oc2ccccc2)c1-c1c(Oc2ccccc2)cccc1P(CC)CC. The molecule has 2 nitrogen and oxygen atoms in total. The van der Waals surface area contributed by atoms with Crippen LogP contribution in [0.5, 0.6) is 23.0 Å². The highest BCUT2D eigenvalue weighted by atomic mass is 31.1. The van der Waals surface area contributed by atoms with E-state index in [1.54, 1.807) is 0 Å². The fourth-order valence-electron chi connectivity index (χ4n) is 4.60. The van der Waals surface area contributed by atoms with Gasteiger partial charge < -0.3 is 9.47 Å². The van der Waals surface area contributed by atoms with Crippen LogP contribution in [0.3, 0.4) is 0 Å². The van der Waals surface area contributed by atoms with Crippen molar-refractivity contribution in [2.45, 2.75) is 27.7 Å². The Morgan fingerprint density at radius 3 is 1.14 bits per heavy atom. The molecule has 0 aliphatic rings. The van der Waals surface area contributed by atoms with Crippen LogP contribution in [0.4, 0.5) is 0 Å². The standard InChI is InChI=1S/C32H36O2P2/c1-5-35(6-2)29-23-15-21-27(33-25-17-11-9-12-18-25)31(29)32-28(34-26-19-13-10-14-20-26)22-16-24-30(32)36(7-3)8-4/h9-24H,5-8H2,1-4H3. The molecule has 4 rings (SSSR count). The summed E-state index contributed by atoms with van der Waals surface area (Å²) in [5.41, 5.74) is 2.40. The first kappa shape index (κ1) is 26.4. The van der Waals surface area contributed by atoms with E-state index in [4.69, 9.17) is 9.47 Å². The molecule has 0 fully saturated rings. The summed E-state index contributed by atoms with van der Waals surface area (Å²) in [5.74, 6) is 3.51. The van der Waals surface area contributed by atoms with E-state index in [1.165, 1.54) is 21.7 Å². The van der Waals surface area contributed by atoms with Gasteiger partial charge in [-0.15, -0.1) is 0 Å². The highest BCUT2D eigenvalue weighted by Gasteiger charge is 2.25. The summed E-state index contributed by atoms with van der Waals surface area (Å²) in [4.78, 5) is 0. The molecular weight excluding hydrogens is 478 g/mol. The van der Waals surface area contributed by atoms with E-state index in [-0.39, 0.29) is 15.8 Å². The van der Waals surface area contributed by atoms with Crippen molar-refractivity contribution in [1.82, 2.24) is 0 Å². The minimum absolute atomic E-state index is 0.327. The first-order valence-corrected chi connectivity index (χ1v) is 16.3. The summed E-state index contributed by atoms with van der Waals surface area (Å²) in [6.45, 7) is 9.23. The molecule has 36 heavy (non-hydrogen) atoms. The first-order chi connectivity index (χ1) is 17.7. The summed E-state index contributed by atoms with van der Waals surface area (Å²) < 4.78 is 13.2. The molecule has 0 aliphatic carbocycles. The van der Waals surface area contributed by atoms with Crippen molar-refractivity contribution < 1.29 is 9.47 Å². The van der Waals surface area contributed by atoms with Crippen molar-refractivity contribution in [2.24, 2.45) is 0 Å². The van der Waals surface area contributed by atoms with Crippen LogP contribution < -0.4 is 20.1 Å². The van der Waals surface area contributed by atoms with Gasteiger partial charge >= 0.3 is 0 Å². The van der Waals surface area contributed by atoms with Gasteiger partial charge in [0, 0.05) is 11.1 Å². The van der Waals surface area contributed by atoms with E-state index in [2.05, 4.69) is 64.1 Å². The zero-order valence-corrected chi connectivity index (χ0v) is 23.6. The van der Waals surface area contributed by atoms with Crippen molar-refractivity contribution >= 4 is 26.5 Å². The predicted octanol–water partition coefficient (Wildman–Crippen LogP) is 9.23. The molecule has 186 valence electrons. The summed E-state index contributed by atoms with van der Waals surface area (Å²) >= 11 is 0. The average molecular weight is 515 g/mol. The van der Waals surface area contributed by atoms with Crippen LogP contribution in [0.2, 0.25) is 0 Å². The third kappa shape index (κ3) is 6.00. The largest absolute Gasteiger partial charge is 0.457 e. The molecule has 0 saturated heterocycles. The quantitative estimate of drug-likeness (QED) is 0.186. The molecule has 0 amide bonds. The van der Waals surface area contributed by atoms with Crippen molar-refractivity contribution in [2.75, 3.05) is 24.6 Å². The molecule has 4 aromatic carbocycles. The molecule has 0 bridgehead atoms. The molecule has 0 atom stereocenters. The second kappa shape index (κ2) is 13.0. The zero-order valence-electron chi connectivity index (χ0n) is 21.8. The molecule has 0 unspecified atom stereocenters. The lowest BCUT2D eigenvalue weighted by molar-refractivity contribution is 0.478. The predicted molar refractivity (Wildman–Crippen MR) is 160 cm³/mol. The Kier molecular flexibility index (Phi) is 9.57. The van der Waals surface area contributed by atoms with Crippen molar-refractivity contribution in [3.63, 3.8) is 0 Å². The molecular formula is C32H36O2P2. The van der Waals surface area contributed by atoms with Gasteiger partial charge in [0.05, 0.1) is 0 Å². The van der Waals surface area contributed by atoms with Gasteiger partial charge in [0.2, 0.25) is 0 Å². The number of hydrogen-bond donors (Lipinski definition) is 0. The highest BCUT2D eigenvalue weighted by Crippen LogP contribution is 2.48. The Morgan fingerprint density at radius 2 is 0.806 bits per heavy atom. The van der Waals surface area contributed by atoms with Crippen LogP contribution in [0, 0.1) is 0 Å². The summed E-state index contributed by atoms with van der Waals surface area (Å²) in [6, 6.07) is 33.4. The number of ether oxygens (including phenoxy) is 2. The Hall–Kier alpha value is -2.66. The molecule has 0 radical (unpaired) electrons. The summed E-state index contributed by atoms with van der Waals surface area (Å²) in [7, 11) is -0.654. The van der Waals surface area contributed by atoms with E-state index < -0.39 is 0 Å². The smallest absolute Gasteiger partial charge is 0.136 e. The first-order valence-electron chi connectivity index (χ1n) is 12.9.